The molecule has 0 radical (unpaired) electrons. The molecular formula is C16H20Ti. The van der Waals surface area contributed by atoms with Crippen molar-refractivity contribution >= 4 is 0 Å². The molecule has 1 aliphatic heterocycles. The summed E-state index contributed by atoms with van der Waals surface area (Å²) in [5.41, 5.74) is 10.1. The molecule has 1 heteroatoms. The third kappa shape index (κ3) is 1.77. The van der Waals surface area contributed by atoms with Crippen molar-refractivity contribution in [1.29, 1.82) is 0 Å². The summed E-state index contributed by atoms with van der Waals surface area (Å²) >= 11 is -0.00426. The summed E-state index contributed by atoms with van der Waals surface area (Å²) in [5.74, 6) is 0. The van der Waals surface area contributed by atoms with E-state index in [1.54, 1.807) is 33.4 Å². The molecule has 2 aliphatic carbocycles. The Labute approximate surface area is 113 Å². The summed E-state index contributed by atoms with van der Waals surface area (Å²) in [7, 11) is 0. The standard InChI is InChI=1S/C16H20.Ti/c1-11-5-6-12(2)15(11)9-10-16-13(3)7-8-14(16)4;/h5,7,9-10H2,1-4H3;. The first kappa shape index (κ1) is 11.7. The van der Waals surface area contributed by atoms with Crippen LogP contribution in [0.15, 0.2) is 41.2 Å². The third-order valence-electron chi connectivity index (χ3n) is 4.65. The first-order valence-corrected chi connectivity index (χ1v) is 8.18. The summed E-state index contributed by atoms with van der Waals surface area (Å²) < 4.78 is 3.64. The second kappa shape index (κ2) is 4.11. The number of hydrogen-bond acceptors (Lipinski definition) is 0. The van der Waals surface area contributed by atoms with Gasteiger partial charge in [0.2, 0.25) is 0 Å². The van der Waals surface area contributed by atoms with Gasteiger partial charge in [-0.05, 0) is 0 Å². The molecule has 4 bridgehead atoms. The number of hydrogen-bond donors (Lipinski definition) is 0. The van der Waals surface area contributed by atoms with Crippen molar-refractivity contribution in [3.8, 4) is 0 Å². The van der Waals surface area contributed by atoms with Crippen LogP contribution in [0, 0.1) is 0 Å². The summed E-state index contributed by atoms with van der Waals surface area (Å²) in [5, 5.41) is 0. The van der Waals surface area contributed by atoms with Crippen LogP contribution in [-0.4, -0.2) is 0 Å². The van der Waals surface area contributed by atoms with E-state index >= 15 is 0 Å². The molecular weight excluding hydrogens is 240 g/mol. The van der Waals surface area contributed by atoms with E-state index in [-0.39, 0.29) is 19.2 Å². The van der Waals surface area contributed by atoms with Gasteiger partial charge in [0.05, 0.1) is 0 Å². The van der Waals surface area contributed by atoms with E-state index in [1.165, 1.54) is 25.7 Å². The van der Waals surface area contributed by atoms with Crippen molar-refractivity contribution in [1.82, 2.24) is 0 Å². The Bertz CT molecular complexity index is 476. The van der Waals surface area contributed by atoms with Gasteiger partial charge in [0.15, 0.2) is 0 Å². The second-order valence-electron chi connectivity index (χ2n) is 5.70. The minimum atomic E-state index is -0.00426. The maximum absolute atomic E-state index is 2.38. The Morgan fingerprint density at radius 3 is 1.53 bits per heavy atom. The van der Waals surface area contributed by atoms with Crippen LogP contribution in [0.2, 0.25) is 0 Å². The molecule has 3 aliphatic rings. The fraction of sp³-hybridized carbons (Fsp3) is 0.500. The van der Waals surface area contributed by atoms with Gasteiger partial charge in [-0.15, -0.1) is 0 Å². The number of fused-ring (bicyclic) bond motifs is 2. The van der Waals surface area contributed by atoms with Crippen molar-refractivity contribution in [2.45, 2.75) is 53.4 Å². The van der Waals surface area contributed by atoms with Gasteiger partial charge < -0.3 is 0 Å². The van der Waals surface area contributed by atoms with Crippen molar-refractivity contribution in [3.05, 3.63) is 41.2 Å². The molecule has 0 aromatic heterocycles. The van der Waals surface area contributed by atoms with E-state index in [0.717, 1.165) is 0 Å². The number of rotatable bonds is 0. The zero-order valence-electron chi connectivity index (χ0n) is 11.3. The van der Waals surface area contributed by atoms with Crippen molar-refractivity contribution < 1.29 is 19.2 Å². The van der Waals surface area contributed by atoms with E-state index in [1.807, 2.05) is 7.76 Å². The molecule has 0 N–H and O–H groups in total. The Morgan fingerprint density at radius 2 is 1.12 bits per heavy atom. The molecule has 0 amide bonds. The van der Waals surface area contributed by atoms with Crippen molar-refractivity contribution in [3.63, 3.8) is 0 Å². The SMILES string of the molecule is CC1=C2CCC3=C(C)C[C](=C3C)[Ti][C](=C2C)C1. The fourth-order valence-corrected chi connectivity index (χ4v) is 6.25. The first-order valence-electron chi connectivity index (χ1n) is 6.62. The molecule has 0 atom stereocenters. The van der Waals surface area contributed by atoms with Gasteiger partial charge in [0, 0.05) is 0 Å². The van der Waals surface area contributed by atoms with Gasteiger partial charge in [-0.25, -0.2) is 0 Å². The van der Waals surface area contributed by atoms with E-state index in [4.69, 9.17) is 0 Å². The van der Waals surface area contributed by atoms with Crippen molar-refractivity contribution in [2.24, 2.45) is 0 Å². The molecule has 88 valence electrons. The molecule has 1 heterocycles. The van der Waals surface area contributed by atoms with E-state index < -0.39 is 0 Å². The van der Waals surface area contributed by atoms with Crippen LogP contribution in [0.4, 0.5) is 0 Å². The molecule has 0 unspecified atom stereocenters. The summed E-state index contributed by atoms with van der Waals surface area (Å²) in [6.07, 6.45) is 5.16. The molecule has 0 fully saturated rings. The van der Waals surface area contributed by atoms with Crippen LogP contribution >= 0.6 is 0 Å². The Morgan fingerprint density at radius 1 is 0.706 bits per heavy atom. The van der Waals surface area contributed by atoms with Gasteiger partial charge in [-0.3, -0.25) is 0 Å². The zero-order valence-corrected chi connectivity index (χ0v) is 12.9. The van der Waals surface area contributed by atoms with Crippen LogP contribution in [0.25, 0.3) is 0 Å². The van der Waals surface area contributed by atoms with Crippen LogP contribution in [0.3, 0.4) is 0 Å². The van der Waals surface area contributed by atoms with Gasteiger partial charge in [0.25, 0.3) is 0 Å². The van der Waals surface area contributed by atoms with E-state index in [2.05, 4.69) is 27.7 Å². The summed E-state index contributed by atoms with van der Waals surface area (Å²) in [4.78, 5) is 0. The van der Waals surface area contributed by atoms with Gasteiger partial charge in [0.1, 0.15) is 0 Å². The average Bonchev–Trinajstić information content (AvgIpc) is 2.69. The Kier molecular flexibility index (Phi) is 2.84. The van der Waals surface area contributed by atoms with Gasteiger partial charge >= 0.3 is 114 Å². The molecule has 0 aromatic carbocycles. The summed E-state index contributed by atoms with van der Waals surface area (Å²) in [6.45, 7) is 9.45. The van der Waals surface area contributed by atoms with Gasteiger partial charge in [-0.2, -0.15) is 0 Å². The fourth-order valence-electron chi connectivity index (χ4n) is 3.52. The number of allylic oxidation sites excluding steroid dienone is 8. The Balaban J connectivity index is 2.05. The first-order chi connectivity index (χ1) is 8.08. The van der Waals surface area contributed by atoms with Crippen LogP contribution < -0.4 is 0 Å². The zero-order chi connectivity index (χ0) is 12.2. The third-order valence-corrected chi connectivity index (χ3v) is 7.32. The molecule has 0 spiro atoms. The molecule has 3 rings (SSSR count). The summed E-state index contributed by atoms with van der Waals surface area (Å²) in [6, 6.07) is 0. The topological polar surface area (TPSA) is 0 Å². The van der Waals surface area contributed by atoms with Gasteiger partial charge in [-0.1, -0.05) is 0 Å². The molecule has 0 aromatic rings. The molecule has 0 saturated carbocycles. The molecule has 0 saturated heterocycles. The average molecular weight is 260 g/mol. The quantitative estimate of drug-likeness (QED) is 0.546. The Hall–Kier alpha value is -0.326. The van der Waals surface area contributed by atoms with Crippen LogP contribution in [-0.2, 0) is 19.2 Å². The van der Waals surface area contributed by atoms with Crippen molar-refractivity contribution in [2.75, 3.05) is 0 Å². The normalized spacial score (nSPS) is 24.2. The predicted molar refractivity (Wildman–Crippen MR) is 69.3 cm³/mol. The molecule has 17 heavy (non-hydrogen) atoms. The second-order valence-corrected chi connectivity index (χ2v) is 7.98. The van der Waals surface area contributed by atoms with Crippen LogP contribution in [0.1, 0.15) is 53.4 Å². The maximum atomic E-state index is 2.38. The monoisotopic (exact) mass is 260 g/mol. The predicted octanol–water partition coefficient (Wildman–Crippen LogP) is 4.85. The van der Waals surface area contributed by atoms with E-state index in [0.29, 0.717) is 0 Å². The van der Waals surface area contributed by atoms with E-state index in [9.17, 15) is 0 Å². The van der Waals surface area contributed by atoms with Crippen LogP contribution in [0.5, 0.6) is 0 Å². The minimum absolute atomic E-state index is 0.00426. The molecule has 0 nitrogen and oxygen atoms in total.